The van der Waals surface area contributed by atoms with E-state index in [2.05, 4.69) is 20.8 Å². The number of hydrogen-bond donors (Lipinski definition) is 0. The van der Waals surface area contributed by atoms with Crippen molar-refractivity contribution in [2.24, 2.45) is 0 Å². The molecule has 0 bridgehead atoms. The summed E-state index contributed by atoms with van der Waals surface area (Å²) in [4.78, 5) is 25.1. The predicted octanol–water partition coefficient (Wildman–Crippen LogP) is 13.8. The van der Waals surface area contributed by atoms with Crippen LogP contribution in [0.4, 0.5) is 0 Å². The fraction of sp³-hybridized carbons (Fsp3) is 0.953. The number of ether oxygens (including phenoxy) is 3. The largest absolute Gasteiger partial charge is 0.462 e. The van der Waals surface area contributed by atoms with E-state index < -0.39 is 6.10 Å². The van der Waals surface area contributed by atoms with Gasteiger partial charge in [-0.15, -0.1) is 0 Å². The Morgan fingerprint density at radius 1 is 0.375 bits per heavy atom. The Morgan fingerprint density at radius 3 is 1.06 bits per heavy atom. The van der Waals surface area contributed by atoms with Gasteiger partial charge >= 0.3 is 11.9 Å². The zero-order valence-corrected chi connectivity index (χ0v) is 32.8. The fourth-order valence-corrected chi connectivity index (χ4v) is 6.39. The van der Waals surface area contributed by atoms with Gasteiger partial charge in [0, 0.05) is 19.4 Å². The van der Waals surface area contributed by atoms with Crippen LogP contribution in [0.3, 0.4) is 0 Å². The Bertz CT molecular complexity index is 651. The summed E-state index contributed by atoms with van der Waals surface area (Å²) in [5.74, 6) is -0.383. The number of carbonyl (C=O) groups excluding carboxylic acids is 2. The summed E-state index contributed by atoms with van der Waals surface area (Å²) < 4.78 is 17.2. The van der Waals surface area contributed by atoms with E-state index in [1.54, 1.807) is 0 Å². The molecule has 0 N–H and O–H groups in total. The lowest BCUT2D eigenvalue weighted by Gasteiger charge is -2.18. The van der Waals surface area contributed by atoms with Crippen LogP contribution in [0.15, 0.2) is 0 Å². The second kappa shape index (κ2) is 40.3. The summed E-state index contributed by atoms with van der Waals surface area (Å²) in [5.41, 5.74) is 0. The van der Waals surface area contributed by atoms with Crippen molar-refractivity contribution in [1.29, 1.82) is 0 Å². The van der Waals surface area contributed by atoms with Crippen molar-refractivity contribution >= 4 is 11.9 Å². The molecule has 0 aliphatic carbocycles. The van der Waals surface area contributed by atoms with Crippen LogP contribution in [-0.2, 0) is 23.8 Å². The highest BCUT2D eigenvalue weighted by Crippen LogP contribution is 2.15. The third-order valence-corrected chi connectivity index (χ3v) is 9.64. The summed E-state index contributed by atoms with van der Waals surface area (Å²) in [5, 5.41) is 0. The molecule has 0 aromatic carbocycles. The van der Waals surface area contributed by atoms with Crippen molar-refractivity contribution in [3.05, 3.63) is 0 Å². The predicted molar refractivity (Wildman–Crippen MR) is 206 cm³/mol. The van der Waals surface area contributed by atoms with Crippen molar-refractivity contribution < 1.29 is 23.8 Å². The van der Waals surface area contributed by atoms with Gasteiger partial charge in [0.25, 0.3) is 0 Å². The van der Waals surface area contributed by atoms with Gasteiger partial charge in [-0.25, -0.2) is 0 Å². The first-order valence-electron chi connectivity index (χ1n) is 21.6. The standard InChI is InChI=1S/C43H84O5/c1-4-7-10-13-16-19-21-22-24-25-27-30-33-36-42(44)47-40-41(39-46-38-35-32-29-18-15-12-9-6-3)48-43(45)37-34-31-28-26-23-20-17-14-11-8-5-2/h41H,4-40H2,1-3H3. The van der Waals surface area contributed by atoms with E-state index in [-0.39, 0.29) is 18.5 Å². The molecule has 0 saturated heterocycles. The summed E-state index contributed by atoms with van der Waals surface area (Å²) in [6.07, 6.45) is 40.9. The number of unbranched alkanes of at least 4 members (excludes halogenated alkanes) is 29. The van der Waals surface area contributed by atoms with Crippen LogP contribution in [0.5, 0.6) is 0 Å². The third kappa shape index (κ3) is 37.7. The maximum absolute atomic E-state index is 12.6. The first-order valence-corrected chi connectivity index (χ1v) is 21.6. The average molecular weight is 681 g/mol. The third-order valence-electron chi connectivity index (χ3n) is 9.64. The van der Waals surface area contributed by atoms with Crippen LogP contribution in [0, 0.1) is 0 Å². The van der Waals surface area contributed by atoms with Gasteiger partial charge < -0.3 is 14.2 Å². The van der Waals surface area contributed by atoms with E-state index in [0.29, 0.717) is 26.1 Å². The molecule has 1 unspecified atom stereocenters. The monoisotopic (exact) mass is 681 g/mol. The minimum Gasteiger partial charge on any atom is -0.462 e. The maximum Gasteiger partial charge on any atom is 0.306 e. The highest BCUT2D eigenvalue weighted by Gasteiger charge is 2.17. The molecule has 0 radical (unpaired) electrons. The molecule has 5 nitrogen and oxygen atoms in total. The molecule has 5 heteroatoms. The molecule has 0 heterocycles. The van der Waals surface area contributed by atoms with E-state index >= 15 is 0 Å². The topological polar surface area (TPSA) is 61.8 Å². The van der Waals surface area contributed by atoms with Gasteiger partial charge in [-0.2, -0.15) is 0 Å². The lowest BCUT2D eigenvalue weighted by molar-refractivity contribution is -0.163. The molecule has 0 saturated carbocycles. The van der Waals surface area contributed by atoms with E-state index in [0.717, 1.165) is 32.1 Å². The summed E-state index contributed by atoms with van der Waals surface area (Å²) in [7, 11) is 0. The molecule has 1 atom stereocenters. The number of hydrogen-bond acceptors (Lipinski definition) is 5. The van der Waals surface area contributed by atoms with Crippen molar-refractivity contribution in [2.75, 3.05) is 19.8 Å². The Morgan fingerprint density at radius 2 is 0.688 bits per heavy atom. The van der Waals surface area contributed by atoms with Gasteiger partial charge in [0.05, 0.1) is 6.61 Å². The second-order valence-electron chi connectivity index (χ2n) is 14.6. The number of rotatable bonds is 40. The van der Waals surface area contributed by atoms with Crippen LogP contribution in [0.1, 0.15) is 239 Å². The van der Waals surface area contributed by atoms with E-state index in [1.807, 2.05) is 0 Å². The number of carbonyl (C=O) groups is 2. The Kier molecular flexibility index (Phi) is 39.4. The lowest BCUT2D eigenvalue weighted by Crippen LogP contribution is -2.30. The molecule has 0 fully saturated rings. The molecule has 0 aliphatic heterocycles. The van der Waals surface area contributed by atoms with Crippen molar-refractivity contribution in [2.45, 2.75) is 245 Å². The van der Waals surface area contributed by atoms with Crippen LogP contribution < -0.4 is 0 Å². The van der Waals surface area contributed by atoms with Gasteiger partial charge in [0.1, 0.15) is 6.61 Å². The van der Waals surface area contributed by atoms with Crippen LogP contribution in [-0.4, -0.2) is 37.9 Å². The van der Waals surface area contributed by atoms with Gasteiger partial charge in [-0.05, 0) is 19.3 Å². The molecule has 0 aromatic rings. The molecular formula is C43H84O5. The minimum absolute atomic E-state index is 0.0959. The smallest absolute Gasteiger partial charge is 0.306 e. The van der Waals surface area contributed by atoms with Crippen LogP contribution >= 0.6 is 0 Å². The molecular weight excluding hydrogens is 596 g/mol. The van der Waals surface area contributed by atoms with Crippen molar-refractivity contribution in [1.82, 2.24) is 0 Å². The highest BCUT2D eigenvalue weighted by atomic mass is 16.6. The SMILES string of the molecule is CCCCCCCCCCCCCCCC(=O)OCC(COCCCCCCCCCC)OC(=O)CCCCCCCCCCCCC. The van der Waals surface area contributed by atoms with Gasteiger partial charge in [0.15, 0.2) is 6.10 Å². The van der Waals surface area contributed by atoms with Crippen molar-refractivity contribution in [3.8, 4) is 0 Å². The van der Waals surface area contributed by atoms with Gasteiger partial charge in [-0.3, -0.25) is 9.59 Å². The number of esters is 2. The first kappa shape index (κ1) is 46.9. The molecule has 0 aliphatic rings. The summed E-state index contributed by atoms with van der Waals surface area (Å²) in [6, 6.07) is 0. The minimum atomic E-state index is -0.519. The molecule has 0 aromatic heterocycles. The summed E-state index contributed by atoms with van der Waals surface area (Å²) in [6.45, 7) is 7.84. The average Bonchev–Trinajstić information content (AvgIpc) is 3.08. The summed E-state index contributed by atoms with van der Waals surface area (Å²) >= 11 is 0. The van der Waals surface area contributed by atoms with Gasteiger partial charge in [0.2, 0.25) is 0 Å². The van der Waals surface area contributed by atoms with Crippen LogP contribution in [0.2, 0.25) is 0 Å². The Hall–Kier alpha value is -1.10. The lowest BCUT2D eigenvalue weighted by atomic mass is 10.0. The van der Waals surface area contributed by atoms with E-state index in [9.17, 15) is 9.59 Å². The quantitative estimate of drug-likeness (QED) is 0.0476. The molecule has 286 valence electrons. The van der Waals surface area contributed by atoms with Crippen LogP contribution in [0.25, 0.3) is 0 Å². The second-order valence-corrected chi connectivity index (χ2v) is 14.6. The first-order chi connectivity index (χ1) is 23.6. The normalized spacial score (nSPS) is 12.0. The van der Waals surface area contributed by atoms with E-state index in [1.165, 1.54) is 173 Å². The molecule has 0 spiro atoms. The fourth-order valence-electron chi connectivity index (χ4n) is 6.39. The van der Waals surface area contributed by atoms with Gasteiger partial charge in [-0.1, -0.05) is 207 Å². The van der Waals surface area contributed by atoms with E-state index in [4.69, 9.17) is 14.2 Å². The molecule has 0 amide bonds. The zero-order chi connectivity index (χ0) is 35.0. The Labute approximate surface area is 300 Å². The molecule has 0 rings (SSSR count). The maximum atomic E-state index is 12.6. The highest BCUT2D eigenvalue weighted by molar-refractivity contribution is 5.70. The Balaban J connectivity index is 4.15. The van der Waals surface area contributed by atoms with Crippen molar-refractivity contribution in [3.63, 3.8) is 0 Å². The molecule has 48 heavy (non-hydrogen) atoms. The zero-order valence-electron chi connectivity index (χ0n) is 32.8.